The fraction of sp³-hybridized carbons (Fsp3) is 0.154. The van der Waals surface area contributed by atoms with Gasteiger partial charge in [0.05, 0.1) is 5.69 Å². The number of para-hydroxylation sites is 1. The van der Waals surface area contributed by atoms with Crippen LogP contribution in [0.3, 0.4) is 0 Å². The average Bonchev–Trinajstić information content (AvgIpc) is 2.94. The zero-order chi connectivity index (χ0) is 11.7. The van der Waals surface area contributed by atoms with Crippen LogP contribution in [0, 0.1) is 0 Å². The summed E-state index contributed by atoms with van der Waals surface area (Å²) in [5.74, 6) is 1.37. The van der Waals surface area contributed by atoms with E-state index in [0.29, 0.717) is 18.1 Å². The highest BCUT2D eigenvalue weighted by atomic mass is 16.5. The van der Waals surface area contributed by atoms with E-state index >= 15 is 0 Å². The van der Waals surface area contributed by atoms with E-state index in [0.717, 1.165) is 16.7 Å². The maximum Gasteiger partial charge on any atom is 0.202 e. The van der Waals surface area contributed by atoms with Crippen molar-refractivity contribution >= 4 is 11.0 Å². The first-order valence-electron chi connectivity index (χ1n) is 5.46. The zero-order valence-corrected chi connectivity index (χ0v) is 9.43. The predicted molar refractivity (Wildman–Crippen MR) is 64.5 cm³/mol. The lowest BCUT2D eigenvalue weighted by atomic mass is 10.2. The minimum Gasteiger partial charge on any atom is -0.453 e. The highest BCUT2D eigenvalue weighted by molar-refractivity contribution is 5.81. The van der Waals surface area contributed by atoms with Gasteiger partial charge in [-0.15, -0.1) is 0 Å². The third kappa shape index (κ3) is 1.83. The number of hydrogen-bond donors (Lipinski definition) is 1. The van der Waals surface area contributed by atoms with Crippen LogP contribution in [0.1, 0.15) is 5.69 Å². The molecule has 3 rings (SSSR count). The molecule has 0 saturated heterocycles. The van der Waals surface area contributed by atoms with Gasteiger partial charge in [-0.3, -0.25) is 0 Å². The topological polar surface area (TPSA) is 51.2 Å². The van der Waals surface area contributed by atoms with E-state index in [1.165, 1.54) is 0 Å². The Hall–Kier alpha value is -2.07. The third-order valence-electron chi connectivity index (χ3n) is 2.59. The molecule has 0 aliphatic rings. The summed E-state index contributed by atoms with van der Waals surface area (Å²) in [6.45, 7) is 0.684. The molecule has 2 aromatic heterocycles. The molecule has 0 spiro atoms. The molecule has 0 aliphatic heterocycles. The smallest absolute Gasteiger partial charge is 0.202 e. The van der Waals surface area contributed by atoms with E-state index in [2.05, 4.69) is 10.5 Å². The van der Waals surface area contributed by atoms with Gasteiger partial charge in [0.2, 0.25) is 5.76 Å². The van der Waals surface area contributed by atoms with Gasteiger partial charge >= 0.3 is 0 Å². The van der Waals surface area contributed by atoms with Gasteiger partial charge in [-0.25, -0.2) is 0 Å². The van der Waals surface area contributed by atoms with E-state index in [1.807, 2.05) is 43.4 Å². The predicted octanol–water partition coefficient (Wildman–Crippen LogP) is 2.81. The highest BCUT2D eigenvalue weighted by Crippen LogP contribution is 2.27. The van der Waals surface area contributed by atoms with E-state index in [9.17, 15) is 0 Å². The Bertz CT molecular complexity index is 606. The van der Waals surface area contributed by atoms with Crippen molar-refractivity contribution < 1.29 is 8.94 Å². The van der Waals surface area contributed by atoms with Gasteiger partial charge in [0, 0.05) is 18.0 Å². The Labute approximate surface area is 98.2 Å². The zero-order valence-electron chi connectivity index (χ0n) is 9.43. The average molecular weight is 228 g/mol. The highest BCUT2D eigenvalue weighted by Gasteiger charge is 2.11. The van der Waals surface area contributed by atoms with Crippen molar-refractivity contribution in [3.05, 3.63) is 42.1 Å². The second-order valence-corrected chi connectivity index (χ2v) is 3.86. The molecular weight excluding hydrogens is 216 g/mol. The van der Waals surface area contributed by atoms with Crippen molar-refractivity contribution in [1.82, 2.24) is 10.5 Å². The lowest BCUT2D eigenvalue weighted by molar-refractivity contribution is 0.411. The minimum atomic E-state index is 0.659. The van der Waals surface area contributed by atoms with Crippen molar-refractivity contribution in [2.45, 2.75) is 6.54 Å². The minimum absolute atomic E-state index is 0.659. The first-order valence-corrected chi connectivity index (χ1v) is 5.46. The first-order chi connectivity index (χ1) is 8.36. The van der Waals surface area contributed by atoms with Crippen LogP contribution in [0.15, 0.2) is 45.3 Å². The number of benzene rings is 1. The van der Waals surface area contributed by atoms with Crippen molar-refractivity contribution in [3.8, 4) is 11.5 Å². The van der Waals surface area contributed by atoms with E-state index in [-0.39, 0.29) is 0 Å². The van der Waals surface area contributed by atoms with Gasteiger partial charge in [-0.05, 0) is 19.2 Å². The van der Waals surface area contributed by atoms with Gasteiger partial charge in [-0.2, -0.15) is 0 Å². The largest absolute Gasteiger partial charge is 0.453 e. The fourth-order valence-electron chi connectivity index (χ4n) is 1.80. The monoisotopic (exact) mass is 228 g/mol. The second kappa shape index (κ2) is 4.07. The number of furan rings is 1. The Morgan fingerprint density at radius 2 is 2.06 bits per heavy atom. The summed E-state index contributed by atoms with van der Waals surface area (Å²) in [6.07, 6.45) is 0. The second-order valence-electron chi connectivity index (χ2n) is 3.86. The van der Waals surface area contributed by atoms with Gasteiger partial charge in [0.25, 0.3) is 0 Å². The summed E-state index contributed by atoms with van der Waals surface area (Å²) in [5.41, 5.74) is 1.72. The molecule has 0 amide bonds. The van der Waals surface area contributed by atoms with Crippen LogP contribution in [0.4, 0.5) is 0 Å². The number of nitrogens with zero attached hydrogens (tertiary/aromatic N) is 1. The number of nitrogens with one attached hydrogen (secondary N) is 1. The molecule has 4 heteroatoms. The first kappa shape index (κ1) is 10.1. The molecule has 2 heterocycles. The summed E-state index contributed by atoms with van der Waals surface area (Å²) in [6, 6.07) is 11.7. The molecule has 0 bridgehead atoms. The van der Waals surface area contributed by atoms with Gasteiger partial charge in [0.15, 0.2) is 5.76 Å². The van der Waals surface area contributed by atoms with Crippen molar-refractivity contribution in [2.24, 2.45) is 0 Å². The number of aromatic nitrogens is 1. The van der Waals surface area contributed by atoms with E-state index in [1.54, 1.807) is 0 Å². The van der Waals surface area contributed by atoms with Gasteiger partial charge < -0.3 is 14.3 Å². The Kier molecular flexibility index (Phi) is 2.42. The summed E-state index contributed by atoms with van der Waals surface area (Å²) >= 11 is 0. The summed E-state index contributed by atoms with van der Waals surface area (Å²) in [4.78, 5) is 0. The molecule has 0 aliphatic carbocycles. The molecule has 0 fully saturated rings. The molecule has 4 nitrogen and oxygen atoms in total. The Morgan fingerprint density at radius 1 is 1.18 bits per heavy atom. The maximum atomic E-state index is 5.69. The molecule has 3 aromatic rings. The molecule has 86 valence electrons. The van der Waals surface area contributed by atoms with Crippen LogP contribution in [0.2, 0.25) is 0 Å². The van der Waals surface area contributed by atoms with Gasteiger partial charge in [-0.1, -0.05) is 23.4 Å². The van der Waals surface area contributed by atoms with Crippen LogP contribution in [-0.4, -0.2) is 12.2 Å². The molecule has 17 heavy (non-hydrogen) atoms. The normalized spacial score (nSPS) is 11.1. The summed E-state index contributed by atoms with van der Waals surface area (Å²) in [5, 5.41) is 8.04. The van der Waals surface area contributed by atoms with Crippen LogP contribution in [0.25, 0.3) is 22.5 Å². The van der Waals surface area contributed by atoms with Crippen molar-refractivity contribution in [1.29, 1.82) is 0 Å². The third-order valence-corrected chi connectivity index (χ3v) is 2.59. The lowest BCUT2D eigenvalue weighted by Gasteiger charge is -1.87. The summed E-state index contributed by atoms with van der Waals surface area (Å²) < 4.78 is 10.9. The fourth-order valence-corrected chi connectivity index (χ4v) is 1.80. The van der Waals surface area contributed by atoms with Crippen molar-refractivity contribution in [2.75, 3.05) is 7.05 Å². The molecule has 0 saturated carbocycles. The quantitative estimate of drug-likeness (QED) is 0.748. The SMILES string of the molecule is CNCc1cc(-c2cc3ccccc3o2)on1. The molecule has 0 atom stereocenters. The molecule has 0 unspecified atom stereocenters. The van der Waals surface area contributed by atoms with Crippen LogP contribution < -0.4 is 5.32 Å². The number of rotatable bonds is 3. The van der Waals surface area contributed by atoms with Crippen molar-refractivity contribution in [3.63, 3.8) is 0 Å². The van der Waals surface area contributed by atoms with Crippen LogP contribution in [-0.2, 0) is 6.54 Å². The standard InChI is InChI=1S/C13H12N2O2/c1-14-8-10-7-13(17-15-10)12-6-9-4-2-3-5-11(9)16-12/h2-7,14H,8H2,1H3. The molecule has 1 N–H and O–H groups in total. The molecule has 0 radical (unpaired) electrons. The van der Waals surface area contributed by atoms with E-state index < -0.39 is 0 Å². The van der Waals surface area contributed by atoms with Gasteiger partial charge in [0.1, 0.15) is 5.58 Å². The number of fused-ring (bicyclic) bond motifs is 1. The Balaban J connectivity index is 2.01. The molecular formula is C13H12N2O2. The molecule has 1 aromatic carbocycles. The summed E-state index contributed by atoms with van der Waals surface area (Å²) in [7, 11) is 1.87. The van der Waals surface area contributed by atoms with E-state index in [4.69, 9.17) is 8.94 Å². The lowest BCUT2D eigenvalue weighted by Crippen LogP contribution is -2.04. The maximum absolute atomic E-state index is 5.69. The number of hydrogen-bond acceptors (Lipinski definition) is 4. The Morgan fingerprint density at radius 3 is 2.88 bits per heavy atom. The van der Waals surface area contributed by atoms with Crippen LogP contribution in [0.5, 0.6) is 0 Å². The van der Waals surface area contributed by atoms with Crippen LogP contribution >= 0.6 is 0 Å².